The number of anilines is 1. The Bertz CT molecular complexity index is 1160. The van der Waals surface area contributed by atoms with E-state index in [-0.39, 0.29) is 4.88 Å². The van der Waals surface area contributed by atoms with Crippen LogP contribution in [0.15, 0.2) is 18.2 Å². The third-order valence-corrected chi connectivity index (χ3v) is 7.15. The van der Waals surface area contributed by atoms with Crippen LogP contribution in [0, 0.1) is 24.1 Å². The number of hydrogen-bond donors (Lipinski definition) is 1. The fourth-order valence-corrected chi connectivity index (χ4v) is 5.79. The molecule has 0 unspecified atom stereocenters. The van der Waals surface area contributed by atoms with E-state index >= 15 is 0 Å². The summed E-state index contributed by atoms with van der Waals surface area (Å²) in [4.78, 5) is 26.0. The van der Waals surface area contributed by atoms with E-state index in [1.54, 1.807) is 19.1 Å². The van der Waals surface area contributed by atoms with Gasteiger partial charge in [-0.1, -0.05) is 6.07 Å². The van der Waals surface area contributed by atoms with Gasteiger partial charge in [0.05, 0.1) is 5.56 Å². The maximum atomic E-state index is 14.0. The molecule has 1 N–H and O–H groups in total. The Morgan fingerprint density at radius 1 is 1.32 bits per heavy atom. The normalized spacial score (nSPS) is 12.6. The number of nitriles is 1. The van der Waals surface area contributed by atoms with Crippen molar-refractivity contribution in [3.05, 3.63) is 50.5 Å². The summed E-state index contributed by atoms with van der Waals surface area (Å²) in [6.45, 7) is 1.19. The molecule has 142 valence electrons. The maximum absolute atomic E-state index is 14.0. The van der Waals surface area contributed by atoms with Crippen molar-refractivity contribution in [2.24, 2.45) is 0 Å². The van der Waals surface area contributed by atoms with E-state index in [0.717, 1.165) is 41.0 Å². The summed E-state index contributed by atoms with van der Waals surface area (Å²) in [5.41, 5.74) is 2.03. The molecule has 0 bridgehead atoms. The predicted molar refractivity (Wildman–Crippen MR) is 106 cm³/mol. The summed E-state index contributed by atoms with van der Waals surface area (Å²) < 4.78 is 19.8. The molecule has 0 fully saturated rings. The van der Waals surface area contributed by atoms with Crippen LogP contribution in [0.3, 0.4) is 0 Å². The van der Waals surface area contributed by atoms with Crippen molar-refractivity contribution in [1.82, 2.24) is 0 Å². The number of carbonyl (C=O) groups excluding carboxylic acids is 2. The van der Waals surface area contributed by atoms with E-state index in [9.17, 15) is 19.2 Å². The molecule has 1 amide bonds. The highest BCUT2D eigenvalue weighted by Gasteiger charge is 2.24. The van der Waals surface area contributed by atoms with Crippen LogP contribution in [-0.2, 0) is 22.4 Å². The lowest BCUT2D eigenvalue weighted by Gasteiger charge is -2.05. The first-order valence-corrected chi connectivity index (χ1v) is 10.3. The minimum atomic E-state index is -0.664. The molecular weight excluding hydrogens is 399 g/mol. The molecule has 0 radical (unpaired) electrons. The van der Waals surface area contributed by atoms with E-state index < -0.39 is 24.3 Å². The molecule has 28 heavy (non-hydrogen) atoms. The number of rotatable bonds is 4. The van der Waals surface area contributed by atoms with Gasteiger partial charge in [-0.05, 0) is 49.4 Å². The van der Waals surface area contributed by atoms with Gasteiger partial charge in [-0.15, -0.1) is 22.7 Å². The molecule has 0 saturated carbocycles. The number of aryl methyl sites for hydroxylation is 2. The minimum Gasteiger partial charge on any atom is -0.451 e. The van der Waals surface area contributed by atoms with Gasteiger partial charge in [0.15, 0.2) is 6.61 Å². The van der Waals surface area contributed by atoms with Crippen molar-refractivity contribution in [2.75, 3.05) is 11.9 Å². The standard InChI is InChI=1S/C20H15FN2O3S2/c1-10-17-13(21)5-3-7-15(17)27-18(10)20(25)26-9-16(24)23-19-12(8-22)11-4-2-6-14(11)28-19/h3,5,7H,2,4,6,9H2,1H3,(H,23,24). The van der Waals surface area contributed by atoms with Gasteiger partial charge in [0.25, 0.3) is 5.91 Å². The first kappa shape index (κ1) is 18.6. The van der Waals surface area contributed by atoms with Crippen LogP contribution in [0.2, 0.25) is 0 Å². The number of halogens is 1. The number of fused-ring (bicyclic) bond motifs is 2. The van der Waals surface area contributed by atoms with Gasteiger partial charge in [0, 0.05) is 15.0 Å². The molecule has 1 aliphatic rings. The summed E-state index contributed by atoms with van der Waals surface area (Å²) in [6.07, 6.45) is 2.79. The Morgan fingerprint density at radius 3 is 2.89 bits per heavy atom. The van der Waals surface area contributed by atoms with Crippen molar-refractivity contribution >= 4 is 49.6 Å². The molecule has 0 saturated heterocycles. The summed E-state index contributed by atoms with van der Waals surface area (Å²) in [5.74, 6) is -1.56. The first-order valence-electron chi connectivity index (χ1n) is 8.68. The highest BCUT2D eigenvalue weighted by atomic mass is 32.1. The number of nitrogens with zero attached hydrogens (tertiary/aromatic N) is 1. The van der Waals surface area contributed by atoms with Crippen LogP contribution in [0.4, 0.5) is 9.39 Å². The number of ether oxygens (including phenoxy) is 1. The van der Waals surface area contributed by atoms with Crippen molar-refractivity contribution in [3.8, 4) is 6.07 Å². The van der Waals surface area contributed by atoms with Crippen molar-refractivity contribution < 1.29 is 18.7 Å². The first-order chi connectivity index (χ1) is 13.5. The second-order valence-electron chi connectivity index (χ2n) is 6.47. The highest BCUT2D eigenvalue weighted by Crippen LogP contribution is 2.38. The van der Waals surface area contributed by atoms with Crippen molar-refractivity contribution in [1.29, 1.82) is 5.26 Å². The van der Waals surface area contributed by atoms with Crippen LogP contribution in [0.25, 0.3) is 10.1 Å². The Balaban J connectivity index is 1.45. The van der Waals surface area contributed by atoms with E-state index in [1.165, 1.54) is 17.4 Å². The van der Waals surface area contributed by atoms with E-state index in [0.29, 0.717) is 26.2 Å². The molecule has 0 aliphatic heterocycles. The van der Waals surface area contributed by atoms with Gasteiger partial charge in [-0.2, -0.15) is 5.26 Å². The number of esters is 1. The number of nitrogens with one attached hydrogen (secondary N) is 1. The number of benzene rings is 1. The lowest BCUT2D eigenvalue weighted by Crippen LogP contribution is -2.20. The Labute approximate surface area is 168 Å². The summed E-state index contributed by atoms with van der Waals surface area (Å²) in [6, 6.07) is 6.82. The van der Waals surface area contributed by atoms with Crippen LogP contribution >= 0.6 is 22.7 Å². The van der Waals surface area contributed by atoms with Gasteiger partial charge in [-0.25, -0.2) is 9.18 Å². The quantitative estimate of drug-likeness (QED) is 0.635. The average Bonchev–Trinajstić information content (AvgIpc) is 3.33. The molecular formula is C20H15FN2O3S2. The fourth-order valence-electron chi connectivity index (χ4n) is 3.42. The van der Waals surface area contributed by atoms with Gasteiger partial charge < -0.3 is 10.1 Å². The Hall–Kier alpha value is -2.76. The third-order valence-electron chi connectivity index (χ3n) is 4.71. The molecule has 2 aromatic heterocycles. The predicted octanol–water partition coefficient (Wildman–Crippen LogP) is 4.57. The highest BCUT2D eigenvalue weighted by molar-refractivity contribution is 7.21. The van der Waals surface area contributed by atoms with Crippen molar-refractivity contribution in [2.45, 2.75) is 26.2 Å². The molecule has 1 aliphatic carbocycles. The zero-order valence-electron chi connectivity index (χ0n) is 14.9. The SMILES string of the molecule is Cc1c(C(=O)OCC(=O)Nc2sc3c(c2C#N)CCC3)sc2cccc(F)c12. The summed E-state index contributed by atoms with van der Waals surface area (Å²) in [5, 5.41) is 12.9. The van der Waals surface area contributed by atoms with E-state index in [1.807, 2.05) is 0 Å². The maximum Gasteiger partial charge on any atom is 0.349 e. The molecule has 3 aromatic rings. The zero-order valence-corrected chi connectivity index (χ0v) is 16.6. The lowest BCUT2D eigenvalue weighted by atomic mass is 10.1. The largest absolute Gasteiger partial charge is 0.451 e. The molecule has 8 heteroatoms. The third kappa shape index (κ3) is 3.17. The molecule has 1 aromatic carbocycles. The minimum absolute atomic E-state index is 0.278. The summed E-state index contributed by atoms with van der Waals surface area (Å²) >= 11 is 2.54. The van der Waals surface area contributed by atoms with E-state index in [4.69, 9.17) is 4.74 Å². The van der Waals surface area contributed by atoms with Gasteiger partial charge in [0.1, 0.15) is 21.8 Å². The number of amides is 1. The fraction of sp³-hybridized carbons (Fsp3) is 0.250. The second kappa shape index (κ2) is 7.34. The smallest absolute Gasteiger partial charge is 0.349 e. The Morgan fingerprint density at radius 2 is 2.14 bits per heavy atom. The molecule has 0 spiro atoms. The molecule has 2 heterocycles. The number of carbonyl (C=O) groups is 2. The molecule has 4 rings (SSSR count). The Kier molecular flexibility index (Phi) is 4.87. The topological polar surface area (TPSA) is 79.2 Å². The van der Waals surface area contributed by atoms with Gasteiger partial charge in [0.2, 0.25) is 0 Å². The van der Waals surface area contributed by atoms with Gasteiger partial charge in [-0.3, -0.25) is 4.79 Å². The monoisotopic (exact) mass is 414 g/mol. The summed E-state index contributed by atoms with van der Waals surface area (Å²) in [7, 11) is 0. The van der Waals surface area contributed by atoms with E-state index in [2.05, 4.69) is 11.4 Å². The van der Waals surface area contributed by atoms with Crippen LogP contribution in [0.5, 0.6) is 0 Å². The number of hydrogen-bond acceptors (Lipinski definition) is 6. The average molecular weight is 414 g/mol. The van der Waals surface area contributed by atoms with Crippen LogP contribution in [0.1, 0.15) is 37.7 Å². The van der Waals surface area contributed by atoms with Crippen molar-refractivity contribution in [3.63, 3.8) is 0 Å². The van der Waals surface area contributed by atoms with Gasteiger partial charge >= 0.3 is 5.97 Å². The number of thiophene rings is 2. The van der Waals surface area contributed by atoms with Crippen LogP contribution < -0.4 is 5.32 Å². The second-order valence-corrected chi connectivity index (χ2v) is 8.62. The molecule has 0 atom stereocenters. The van der Waals surface area contributed by atoms with Crippen LogP contribution in [-0.4, -0.2) is 18.5 Å². The lowest BCUT2D eigenvalue weighted by molar-refractivity contribution is -0.119. The zero-order chi connectivity index (χ0) is 19.8. The molecule has 5 nitrogen and oxygen atoms in total.